The number of aromatic nitrogens is 4. The molecule has 0 aliphatic heterocycles. The molecule has 0 saturated heterocycles. The van der Waals surface area contributed by atoms with Gasteiger partial charge in [0.1, 0.15) is 0 Å². The number of anilines is 2. The molecule has 0 saturated carbocycles. The lowest BCUT2D eigenvalue weighted by molar-refractivity contribution is -0.114. The van der Waals surface area contributed by atoms with Gasteiger partial charge < -0.3 is 10.6 Å². The number of hydrogen-bond donors (Lipinski definition) is 3. The number of para-hydroxylation sites is 2. The second-order valence-electron chi connectivity index (χ2n) is 5.86. The maximum atomic E-state index is 12.3. The molecule has 136 valence electrons. The van der Waals surface area contributed by atoms with Crippen LogP contribution < -0.4 is 10.6 Å². The Morgan fingerprint density at radius 2 is 1.89 bits per heavy atom. The maximum absolute atomic E-state index is 12.3. The molecule has 2 aromatic heterocycles. The normalized spacial score (nSPS) is 11.0. The highest BCUT2D eigenvalue weighted by Crippen LogP contribution is 2.23. The SMILES string of the molecule is CC(=O)Nc1cccc(NC(=O)CSc2n[nH]c3nc4ccccc4n23)c1. The van der Waals surface area contributed by atoms with Crippen LogP contribution in [0.1, 0.15) is 6.92 Å². The molecule has 27 heavy (non-hydrogen) atoms. The lowest BCUT2D eigenvalue weighted by atomic mass is 10.2. The van der Waals surface area contributed by atoms with Crippen molar-refractivity contribution in [1.29, 1.82) is 0 Å². The Kier molecular flexibility index (Phi) is 4.51. The minimum atomic E-state index is -0.166. The van der Waals surface area contributed by atoms with Crippen molar-refractivity contribution >= 4 is 51.8 Å². The van der Waals surface area contributed by atoms with Crippen molar-refractivity contribution in [2.75, 3.05) is 16.4 Å². The minimum absolute atomic E-state index is 0.163. The topological polar surface area (TPSA) is 104 Å². The standard InChI is InChI=1S/C18H16N6O2S/c1-11(25)19-12-5-4-6-13(9-12)20-16(26)10-27-18-23-22-17-21-14-7-2-3-8-15(14)24(17)18/h2-9H,10H2,1H3,(H,19,25)(H,20,26)(H,21,22). The van der Waals surface area contributed by atoms with Gasteiger partial charge in [-0.1, -0.05) is 30.0 Å². The first kappa shape index (κ1) is 17.1. The number of hydrogen-bond acceptors (Lipinski definition) is 5. The number of rotatable bonds is 5. The average molecular weight is 380 g/mol. The number of aromatic amines is 1. The number of imidazole rings is 1. The fourth-order valence-corrected chi connectivity index (χ4v) is 3.50. The molecular weight excluding hydrogens is 364 g/mol. The first-order chi connectivity index (χ1) is 13.1. The van der Waals surface area contributed by atoms with E-state index in [0.717, 1.165) is 11.0 Å². The summed E-state index contributed by atoms with van der Waals surface area (Å²) in [6.45, 7) is 1.44. The van der Waals surface area contributed by atoms with Gasteiger partial charge in [-0.2, -0.15) is 0 Å². The van der Waals surface area contributed by atoms with E-state index in [-0.39, 0.29) is 17.6 Å². The van der Waals surface area contributed by atoms with E-state index in [9.17, 15) is 9.59 Å². The van der Waals surface area contributed by atoms with E-state index in [1.165, 1.54) is 18.7 Å². The first-order valence-electron chi connectivity index (χ1n) is 8.22. The van der Waals surface area contributed by atoms with Gasteiger partial charge in [0.15, 0.2) is 5.16 Å². The van der Waals surface area contributed by atoms with Gasteiger partial charge >= 0.3 is 0 Å². The van der Waals surface area contributed by atoms with Crippen molar-refractivity contribution < 1.29 is 9.59 Å². The molecule has 3 N–H and O–H groups in total. The molecule has 4 aromatic rings. The van der Waals surface area contributed by atoms with E-state index in [0.29, 0.717) is 22.3 Å². The summed E-state index contributed by atoms with van der Waals surface area (Å²) < 4.78 is 1.89. The van der Waals surface area contributed by atoms with Crippen molar-refractivity contribution in [3.63, 3.8) is 0 Å². The van der Waals surface area contributed by atoms with E-state index < -0.39 is 0 Å². The largest absolute Gasteiger partial charge is 0.326 e. The number of fused-ring (bicyclic) bond motifs is 3. The van der Waals surface area contributed by atoms with E-state index in [1.54, 1.807) is 24.3 Å². The molecule has 9 heteroatoms. The van der Waals surface area contributed by atoms with E-state index in [2.05, 4.69) is 25.8 Å². The van der Waals surface area contributed by atoms with Crippen LogP contribution in [0, 0.1) is 0 Å². The zero-order valence-electron chi connectivity index (χ0n) is 14.4. The molecule has 0 radical (unpaired) electrons. The van der Waals surface area contributed by atoms with Crippen molar-refractivity contribution in [2.24, 2.45) is 0 Å². The van der Waals surface area contributed by atoms with Crippen LogP contribution >= 0.6 is 11.8 Å². The molecule has 2 aromatic carbocycles. The molecule has 0 spiro atoms. The van der Waals surface area contributed by atoms with E-state index in [4.69, 9.17) is 0 Å². The van der Waals surface area contributed by atoms with Crippen LogP contribution in [0.15, 0.2) is 53.7 Å². The number of H-pyrrole nitrogens is 1. The zero-order valence-corrected chi connectivity index (χ0v) is 15.2. The summed E-state index contributed by atoms with van der Waals surface area (Å²) in [6, 6.07) is 14.8. The summed E-state index contributed by atoms with van der Waals surface area (Å²) in [5, 5.41) is 13.3. The molecule has 4 rings (SSSR count). The first-order valence-corrected chi connectivity index (χ1v) is 9.20. The van der Waals surface area contributed by atoms with E-state index >= 15 is 0 Å². The Hall–Kier alpha value is -3.33. The number of amides is 2. The third-order valence-electron chi connectivity index (χ3n) is 3.80. The molecule has 0 fully saturated rings. The van der Waals surface area contributed by atoms with Gasteiger partial charge in [-0.3, -0.25) is 14.0 Å². The Labute approximate surface area is 158 Å². The highest BCUT2D eigenvalue weighted by molar-refractivity contribution is 7.99. The molecule has 0 bridgehead atoms. The lowest BCUT2D eigenvalue weighted by Crippen LogP contribution is -2.14. The summed E-state index contributed by atoms with van der Waals surface area (Å²) in [6.07, 6.45) is 0. The number of thioether (sulfide) groups is 1. The zero-order chi connectivity index (χ0) is 18.8. The highest BCUT2D eigenvalue weighted by atomic mass is 32.2. The molecule has 2 amide bonds. The summed E-state index contributed by atoms with van der Waals surface area (Å²) >= 11 is 1.32. The average Bonchev–Trinajstić information content (AvgIpc) is 3.19. The molecule has 8 nitrogen and oxygen atoms in total. The quantitative estimate of drug-likeness (QED) is 0.462. The third-order valence-corrected chi connectivity index (χ3v) is 4.74. The molecule has 0 aliphatic rings. The van der Waals surface area contributed by atoms with Crippen molar-refractivity contribution in [2.45, 2.75) is 12.1 Å². The van der Waals surface area contributed by atoms with Crippen LogP contribution in [0.5, 0.6) is 0 Å². The highest BCUT2D eigenvalue weighted by Gasteiger charge is 2.13. The maximum Gasteiger partial charge on any atom is 0.234 e. The summed E-state index contributed by atoms with van der Waals surface area (Å²) in [4.78, 5) is 27.9. The van der Waals surface area contributed by atoms with Crippen LogP contribution in [0.3, 0.4) is 0 Å². The number of nitrogens with zero attached hydrogens (tertiary/aromatic N) is 3. The van der Waals surface area contributed by atoms with Gasteiger partial charge in [0.05, 0.1) is 16.8 Å². The van der Waals surface area contributed by atoms with Crippen LogP contribution in [0.2, 0.25) is 0 Å². The van der Waals surface area contributed by atoms with Gasteiger partial charge in [0.2, 0.25) is 17.6 Å². The van der Waals surface area contributed by atoms with Crippen LogP contribution in [0.25, 0.3) is 16.8 Å². The van der Waals surface area contributed by atoms with Crippen LogP contribution in [-0.2, 0) is 9.59 Å². The van der Waals surface area contributed by atoms with Crippen molar-refractivity contribution in [3.8, 4) is 0 Å². The van der Waals surface area contributed by atoms with Gasteiger partial charge in [0.25, 0.3) is 0 Å². The van der Waals surface area contributed by atoms with Crippen LogP contribution in [0.4, 0.5) is 11.4 Å². The van der Waals surface area contributed by atoms with Crippen LogP contribution in [-0.4, -0.2) is 37.1 Å². The predicted octanol–water partition coefficient (Wildman–Crippen LogP) is 2.90. The molecule has 0 aliphatic carbocycles. The molecule has 0 unspecified atom stereocenters. The Bertz CT molecular complexity index is 1150. The monoisotopic (exact) mass is 380 g/mol. The van der Waals surface area contributed by atoms with E-state index in [1.807, 2.05) is 28.7 Å². The molecule has 2 heterocycles. The second-order valence-corrected chi connectivity index (χ2v) is 6.81. The molecule has 0 atom stereocenters. The van der Waals surface area contributed by atoms with Gasteiger partial charge in [-0.05, 0) is 30.3 Å². The number of nitrogens with one attached hydrogen (secondary N) is 3. The van der Waals surface area contributed by atoms with Crippen molar-refractivity contribution in [3.05, 3.63) is 48.5 Å². The minimum Gasteiger partial charge on any atom is -0.326 e. The fourth-order valence-electron chi connectivity index (χ4n) is 2.74. The van der Waals surface area contributed by atoms with Gasteiger partial charge in [-0.25, -0.2) is 10.1 Å². The number of benzene rings is 2. The summed E-state index contributed by atoms with van der Waals surface area (Å²) in [5.41, 5.74) is 3.05. The van der Waals surface area contributed by atoms with Crippen molar-refractivity contribution in [1.82, 2.24) is 19.6 Å². The fraction of sp³-hybridized carbons (Fsp3) is 0.111. The Balaban J connectivity index is 1.45. The predicted molar refractivity (Wildman–Crippen MR) is 105 cm³/mol. The van der Waals surface area contributed by atoms with Gasteiger partial charge in [-0.15, -0.1) is 5.10 Å². The summed E-state index contributed by atoms with van der Waals surface area (Å²) in [5.74, 6) is 0.503. The van der Waals surface area contributed by atoms with Gasteiger partial charge in [0, 0.05) is 18.3 Å². The summed E-state index contributed by atoms with van der Waals surface area (Å²) in [7, 11) is 0. The smallest absolute Gasteiger partial charge is 0.234 e. The lowest BCUT2D eigenvalue weighted by Gasteiger charge is -2.07. The molecular formula is C18H16N6O2S. The second kappa shape index (κ2) is 7.12. The Morgan fingerprint density at radius 3 is 2.70 bits per heavy atom. The Morgan fingerprint density at radius 1 is 1.11 bits per heavy atom. The number of carbonyl (C=O) groups excluding carboxylic acids is 2. The number of carbonyl (C=O) groups is 2. The third kappa shape index (κ3) is 3.63.